The zero-order chi connectivity index (χ0) is 14.7. The summed E-state index contributed by atoms with van der Waals surface area (Å²) in [5, 5.41) is 13.3. The Morgan fingerprint density at radius 2 is 2.05 bits per heavy atom. The molecule has 4 nitrogen and oxygen atoms in total. The third-order valence-electron chi connectivity index (χ3n) is 4.04. The molecule has 2 N–H and O–H groups in total. The summed E-state index contributed by atoms with van der Waals surface area (Å²) in [6.07, 6.45) is 6.25. The average Bonchev–Trinajstić information content (AvgIpc) is 2.48. The number of carbonyl (C=O) groups is 1. The van der Waals surface area contributed by atoms with E-state index in [0.717, 1.165) is 29.3 Å². The van der Waals surface area contributed by atoms with Gasteiger partial charge in [-0.25, -0.2) is 0 Å². The van der Waals surface area contributed by atoms with Gasteiger partial charge in [0.2, 0.25) is 0 Å². The molecule has 1 aliphatic carbocycles. The second-order valence-electron chi connectivity index (χ2n) is 5.64. The van der Waals surface area contributed by atoms with Crippen LogP contribution in [0.2, 0.25) is 0 Å². The number of hydrogen-bond donors (Lipinski definition) is 2. The van der Waals surface area contributed by atoms with Crippen LogP contribution < -0.4 is 5.32 Å². The molecule has 0 spiro atoms. The van der Waals surface area contributed by atoms with Crippen molar-refractivity contribution < 1.29 is 9.90 Å². The van der Waals surface area contributed by atoms with Gasteiger partial charge in [-0.1, -0.05) is 49.2 Å². The lowest BCUT2D eigenvalue weighted by Crippen LogP contribution is -2.22. The summed E-state index contributed by atoms with van der Waals surface area (Å²) in [4.78, 5) is 15.9. The van der Waals surface area contributed by atoms with Gasteiger partial charge in [0, 0.05) is 10.9 Å². The van der Waals surface area contributed by atoms with Gasteiger partial charge in [0.25, 0.3) is 0 Å². The third kappa shape index (κ3) is 3.59. The molecule has 1 unspecified atom stereocenters. The van der Waals surface area contributed by atoms with Crippen LogP contribution in [0.25, 0.3) is 0 Å². The highest BCUT2D eigenvalue weighted by atomic mass is 32.2. The van der Waals surface area contributed by atoms with Crippen LogP contribution in [0.4, 0.5) is 5.69 Å². The first-order valence-corrected chi connectivity index (χ1v) is 8.42. The highest BCUT2D eigenvalue weighted by Crippen LogP contribution is 2.42. The highest BCUT2D eigenvalue weighted by molar-refractivity contribution is 8.14. The van der Waals surface area contributed by atoms with Crippen LogP contribution in [-0.2, 0) is 4.79 Å². The van der Waals surface area contributed by atoms with Crippen molar-refractivity contribution in [3.8, 4) is 0 Å². The number of hydrogen-bond acceptors (Lipinski definition) is 3. The Labute approximate surface area is 129 Å². The van der Waals surface area contributed by atoms with Crippen molar-refractivity contribution >= 4 is 28.6 Å². The summed E-state index contributed by atoms with van der Waals surface area (Å²) >= 11 is 1.55. The minimum atomic E-state index is -0.763. The highest BCUT2D eigenvalue weighted by Gasteiger charge is 2.27. The average molecular weight is 304 g/mol. The van der Waals surface area contributed by atoms with Gasteiger partial charge in [-0.15, -0.1) is 0 Å². The van der Waals surface area contributed by atoms with Gasteiger partial charge in [-0.05, 0) is 24.5 Å². The zero-order valence-electron chi connectivity index (χ0n) is 11.9. The van der Waals surface area contributed by atoms with Crippen molar-refractivity contribution in [1.82, 2.24) is 0 Å². The first-order valence-electron chi connectivity index (χ1n) is 7.54. The number of nitrogens with zero attached hydrogens (tertiary/aromatic N) is 1. The van der Waals surface area contributed by atoms with Crippen LogP contribution in [0.5, 0.6) is 0 Å². The Morgan fingerprint density at radius 1 is 1.29 bits per heavy atom. The first kappa shape index (κ1) is 14.4. The number of rotatable bonds is 3. The molecule has 1 aromatic carbocycles. The standard InChI is InChI=1S/C16H20N2O2S/c19-15(20)10-14-12-8-4-5-9-13(12)18-16(21-14)17-11-6-2-1-3-7-11/h4-5,8-9,11,14H,1-3,6-7,10H2,(H,17,18)(H,19,20). The van der Waals surface area contributed by atoms with E-state index in [2.05, 4.69) is 5.32 Å². The topological polar surface area (TPSA) is 61.7 Å². The van der Waals surface area contributed by atoms with E-state index in [1.807, 2.05) is 24.3 Å². The summed E-state index contributed by atoms with van der Waals surface area (Å²) in [6, 6.07) is 8.32. The van der Waals surface area contributed by atoms with E-state index in [1.165, 1.54) is 19.3 Å². The van der Waals surface area contributed by atoms with Gasteiger partial charge in [0.05, 0.1) is 12.5 Å². The maximum absolute atomic E-state index is 11.1. The molecular weight excluding hydrogens is 284 g/mol. The van der Waals surface area contributed by atoms with Crippen LogP contribution >= 0.6 is 11.8 Å². The Bertz CT molecular complexity index is 553. The number of thioether (sulfide) groups is 1. The molecule has 3 rings (SSSR count). The molecule has 0 bridgehead atoms. The Morgan fingerprint density at radius 3 is 2.81 bits per heavy atom. The lowest BCUT2D eigenvalue weighted by atomic mass is 9.96. The number of fused-ring (bicyclic) bond motifs is 1. The van der Waals surface area contributed by atoms with Crippen molar-refractivity contribution in [3.05, 3.63) is 29.8 Å². The Hall–Kier alpha value is -1.49. The van der Waals surface area contributed by atoms with Crippen LogP contribution in [0.1, 0.15) is 49.3 Å². The fraction of sp³-hybridized carbons (Fsp3) is 0.500. The van der Waals surface area contributed by atoms with E-state index in [4.69, 9.17) is 10.1 Å². The lowest BCUT2D eigenvalue weighted by molar-refractivity contribution is -0.137. The maximum Gasteiger partial charge on any atom is 0.304 e. The number of nitrogens with one attached hydrogen (secondary N) is 1. The second-order valence-corrected chi connectivity index (χ2v) is 6.83. The van der Waals surface area contributed by atoms with Crippen LogP contribution in [-0.4, -0.2) is 22.3 Å². The van der Waals surface area contributed by atoms with Gasteiger partial charge in [-0.3, -0.25) is 9.79 Å². The quantitative estimate of drug-likeness (QED) is 0.884. The van der Waals surface area contributed by atoms with E-state index < -0.39 is 5.97 Å². The van der Waals surface area contributed by atoms with Crippen LogP contribution in [0, 0.1) is 0 Å². The molecular formula is C16H20N2O2S. The number of aliphatic carboxylic acids is 1. The third-order valence-corrected chi connectivity index (χ3v) is 5.17. The molecule has 0 amide bonds. The Balaban J connectivity index is 1.82. The SMILES string of the molecule is O=C(O)CC1SC(=NC2CCCCC2)Nc2ccccc21. The van der Waals surface area contributed by atoms with E-state index in [9.17, 15) is 4.79 Å². The van der Waals surface area contributed by atoms with Crippen molar-refractivity contribution in [3.63, 3.8) is 0 Å². The predicted octanol–water partition coefficient (Wildman–Crippen LogP) is 4.05. The van der Waals surface area contributed by atoms with Crippen LogP contribution in [0.15, 0.2) is 29.3 Å². The molecule has 1 heterocycles. The molecule has 1 aliphatic heterocycles. The van der Waals surface area contributed by atoms with Crippen molar-refractivity contribution in [2.45, 2.75) is 49.8 Å². The fourth-order valence-electron chi connectivity index (χ4n) is 2.98. The zero-order valence-corrected chi connectivity index (χ0v) is 12.7. The summed E-state index contributed by atoms with van der Waals surface area (Å²) in [6.45, 7) is 0. The minimum Gasteiger partial charge on any atom is -0.481 e. The molecule has 0 radical (unpaired) electrons. The van der Waals surface area contributed by atoms with E-state index in [0.29, 0.717) is 6.04 Å². The second kappa shape index (κ2) is 6.52. The smallest absolute Gasteiger partial charge is 0.304 e. The van der Waals surface area contributed by atoms with E-state index >= 15 is 0 Å². The molecule has 0 aromatic heterocycles. The number of benzene rings is 1. The molecule has 1 aromatic rings. The molecule has 1 fully saturated rings. The summed E-state index contributed by atoms with van der Waals surface area (Å²) in [5.74, 6) is -0.763. The van der Waals surface area contributed by atoms with Gasteiger partial charge in [-0.2, -0.15) is 0 Å². The van der Waals surface area contributed by atoms with Crippen molar-refractivity contribution in [1.29, 1.82) is 0 Å². The first-order chi connectivity index (χ1) is 10.2. The summed E-state index contributed by atoms with van der Waals surface area (Å²) < 4.78 is 0. The van der Waals surface area contributed by atoms with Crippen molar-refractivity contribution in [2.75, 3.05) is 5.32 Å². The molecule has 2 aliphatic rings. The van der Waals surface area contributed by atoms with Crippen molar-refractivity contribution in [2.24, 2.45) is 4.99 Å². The maximum atomic E-state index is 11.1. The number of aliphatic imine (C=N–C) groups is 1. The number of amidine groups is 1. The van der Waals surface area contributed by atoms with E-state index in [1.54, 1.807) is 11.8 Å². The molecule has 0 saturated heterocycles. The monoisotopic (exact) mass is 304 g/mol. The normalized spacial score (nSPS) is 24.4. The summed E-state index contributed by atoms with van der Waals surface area (Å²) in [7, 11) is 0. The number of para-hydroxylation sites is 1. The Kier molecular flexibility index (Phi) is 4.48. The van der Waals surface area contributed by atoms with Gasteiger partial charge in [0.1, 0.15) is 0 Å². The largest absolute Gasteiger partial charge is 0.481 e. The van der Waals surface area contributed by atoms with Gasteiger partial charge in [0.15, 0.2) is 5.17 Å². The van der Waals surface area contributed by atoms with E-state index in [-0.39, 0.29) is 11.7 Å². The fourth-order valence-corrected chi connectivity index (χ4v) is 4.19. The van der Waals surface area contributed by atoms with Gasteiger partial charge < -0.3 is 10.4 Å². The summed E-state index contributed by atoms with van der Waals surface area (Å²) in [5.41, 5.74) is 2.06. The predicted molar refractivity (Wildman–Crippen MR) is 87.0 cm³/mol. The molecule has 1 saturated carbocycles. The molecule has 112 valence electrons. The lowest BCUT2D eigenvalue weighted by Gasteiger charge is -2.28. The molecule has 21 heavy (non-hydrogen) atoms. The van der Waals surface area contributed by atoms with Crippen LogP contribution in [0.3, 0.4) is 0 Å². The number of carboxylic acid groups (broad SMARTS) is 1. The molecule has 1 atom stereocenters. The number of anilines is 1. The van der Waals surface area contributed by atoms with Gasteiger partial charge >= 0.3 is 5.97 Å². The molecule has 5 heteroatoms. The number of carboxylic acids is 1. The minimum absolute atomic E-state index is 0.0534.